The minimum Gasteiger partial charge on any atom is -0.329 e. The maximum atomic E-state index is 6.00. The number of rotatable bonds is 5. The van der Waals surface area contributed by atoms with E-state index in [1.807, 2.05) is 0 Å². The SMILES string of the molecule is CCC1CCN(Cc2c(Br)c(C)nn2CC)C(CN)C1. The first-order chi connectivity index (χ1) is 9.60. The number of nitrogens with two attached hydrogens (primary N) is 1. The average molecular weight is 343 g/mol. The molecule has 0 aromatic carbocycles. The summed E-state index contributed by atoms with van der Waals surface area (Å²) in [6.07, 6.45) is 3.81. The van der Waals surface area contributed by atoms with E-state index in [-0.39, 0.29) is 0 Å². The summed E-state index contributed by atoms with van der Waals surface area (Å²) in [6, 6.07) is 0.515. The van der Waals surface area contributed by atoms with Crippen LogP contribution in [0.15, 0.2) is 4.47 Å². The van der Waals surface area contributed by atoms with E-state index in [4.69, 9.17) is 5.73 Å². The third kappa shape index (κ3) is 3.26. The number of halogens is 1. The van der Waals surface area contributed by atoms with Crippen molar-refractivity contribution in [3.63, 3.8) is 0 Å². The van der Waals surface area contributed by atoms with Gasteiger partial charge in [-0.15, -0.1) is 0 Å². The zero-order chi connectivity index (χ0) is 14.7. The van der Waals surface area contributed by atoms with Crippen LogP contribution in [-0.4, -0.2) is 33.8 Å². The molecule has 1 aromatic rings. The molecule has 1 aliphatic heterocycles. The van der Waals surface area contributed by atoms with Crippen LogP contribution in [0.4, 0.5) is 0 Å². The average Bonchev–Trinajstić information content (AvgIpc) is 2.75. The largest absolute Gasteiger partial charge is 0.329 e. The van der Waals surface area contributed by atoms with Crippen LogP contribution in [0.25, 0.3) is 0 Å². The minimum atomic E-state index is 0.515. The molecule has 0 bridgehead atoms. The van der Waals surface area contributed by atoms with E-state index in [0.29, 0.717) is 6.04 Å². The molecule has 1 saturated heterocycles. The third-order valence-electron chi connectivity index (χ3n) is 4.60. The Morgan fingerprint density at radius 3 is 2.75 bits per heavy atom. The van der Waals surface area contributed by atoms with Crippen molar-refractivity contribution in [2.75, 3.05) is 13.1 Å². The number of likely N-dealkylation sites (tertiary alicyclic amines) is 1. The first-order valence-electron chi connectivity index (χ1n) is 7.76. The van der Waals surface area contributed by atoms with Gasteiger partial charge in [-0.3, -0.25) is 9.58 Å². The van der Waals surface area contributed by atoms with Crippen LogP contribution in [0.1, 0.15) is 44.5 Å². The molecule has 4 nitrogen and oxygen atoms in total. The molecular formula is C15H27BrN4. The normalized spacial score (nSPS) is 24.2. The van der Waals surface area contributed by atoms with Crippen molar-refractivity contribution in [1.29, 1.82) is 0 Å². The van der Waals surface area contributed by atoms with Crippen molar-refractivity contribution in [2.24, 2.45) is 11.7 Å². The fourth-order valence-electron chi connectivity index (χ4n) is 3.22. The number of aryl methyl sites for hydroxylation is 2. The number of aromatic nitrogens is 2. The van der Waals surface area contributed by atoms with Crippen LogP contribution in [0, 0.1) is 12.8 Å². The Kier molecular flexibility index (Phi) is 5.64. The summed E-state index contributed by atoms with van der Waals surface area (Å²) in [4.78, 5) is 2.54. The van der Waals surface area contributed by atoms with E-state index in [2.05, 4.69) is 51.4 Å². The van der Waals surface area contributed by atoms with Crippen LogP contribution < -0.4 is 5.73 Å². The fourth-order valence-corrected chi connectivity index (χ4v) is 3.63. The molecule has 0 radical (unpaired) electrons. The van der Waals surface area contributed by atoms with E-state index in [0.717, 1.165) is 42.3 Å². The Balaban J connectivity index is 2.13. The molecule has 2 unspecified atom stereocenters. The monoisotopic (exact) mass is 342 g/mol. The lowest BCUT2D eigenvalue weighted by atomic mass is 9.89. The second kappa shape index (κ2) is 7.05. The van der Waals surface area contributed by atoms with Crippen LogP contribution >= 0.6 is 15.9 Å². The number of hydrogen-bond donors (Lipinski definition) is 1. The summed E-state index contributed by atoms with van der Waals surface area (Å²) < 4.78 is 3.27. The highest BCUT2D eigenvalue weighted by Gasteiger charge is 2.28. The second-order valence-corrected chi connectivity index (χ2v) is 6.61. The van der Waals surface area contributed by atoms with Crippen LogP contribution in [-0.2, 0) is 13.1 Å². The minimum absolute atomic E-state index is 0.515. The molecule has 0 spiro atoms. The lowest BCUT2D eigenvalue weighted by molar-refractivity contribution is 0.104. The van der Waals surface area contributed by atoms with Crippen molar-refractivity contribution < 1.29 is 0 Å². The third-order valence-corrected chi connectivity index (χ3v) is 5.63. The van der Waals surface area contributed by atoms with Gasteiger partial charge in [0.25, 0.3) is 0 Å². The molecule has 2 heterocycles. The van der Waals surface area contributed by atoms with E-state index in [9.17, 15) is 0 Å². The Bertz CT molecular complexity index is 443. The van der Waals surface area contributed by atoms with E-state index >= 15 is 0 Å². The summed E-state index contributed by atoms with van der Waals surface area (Å²) in [6.45, 7) is 10.3. The molecule has 0 amide bonds. The highest BCUT2D eigenvalue weighted by atomic mass is 79.9. The van der Waals surface area contributed by atoms with E-state index in [1.165, 1.54) is 25.0 Å². The molecular weight excluding hydrogens is 316 g/mol. The molecule has 1 aromatic heterocycles. The molecule has 0 saturated carbocycles. The second-order valence-electron chi connectivity index (χ2n) is 5.82. The lowest BCUT2D eigenvalue weighted by Crippen LogP contribution is -2.46. The Morgan fingerprint density at radius 2 is 2.15 bits per heavy atom. The van der Waals surface area contributed by atoms with Crippen molar-refractivity contribution in [1.82, 2.24) is 14.7 Å². The first kappa shape index (κ1) is 16.0. The van der Waals surface area contributed by atoms with Gasteiger partial charge in [0.1, 0.15) is 0 Å². The van der Waals surface area contributed by atoms with Crippen LogP contribution in [0.3, 0.4) is 0 Å². The number of hydrogen-bond acceptors (Lipinski definition) is 3. The zero-order valence-corrected chi connectivity index (χ0v) is 14.5. The molecule has 2 N–H and O–H groups in total. The summed E-state index contributed by atoms with van der Waals surface area (Å²) >= 11 is 3.69. The molecule has 1 fully saturated rings. The Labute approximate surface area is 130 Å². The molecule has 1 aliphatic rings. The van der Waals surface area contributed by atoms with Gasteiger partial charge >= 0.3 is 0 Å². The van der Waals surface area contributed by atoms with Crippen molar-refractivity contribution >= 4 is 15.9 Å². The number of nitrogens with zero attached hydrogens (tertiary/aromatic N) is 3. The topological polar surface area (TPSA) is 47.1 Å². The van der Waals surface area contributed by atoms with Gasteiger partial charge in [0.05, 0.1) is 15.9 Å². The predicted octanol–water partition coefficient (Wildman–Crippen LogP) is 2.92. The standard InChI is InChI=1S/C15H27BrN4/c1-4-12-6-7-19(13(8-12)9-17)10-14-15(16)11(3)18-20(14)5-2/h12-13H,4-10,17H2,1-3H3. The molecule has 114 valence electrons. The highest BCUT2D eigenvalue weighted by molar-refractivity contribution is 9.10. The van der Waals surface area contributed by atoms with Gasteiger partial charge in [-0.1, -0.05) is 13.3 Å². The highest BCUT2D eigenvalue weighted by Crippen LogP contribution is 2.29. The molecule has 0 aliphatic carbocycles. The predicted molar refractivity (Wildman–Crippen MR) is 86.6 cm³/mol. The summed E-state index contributed by atoms with van der Waals surface area (Å²) in [7, 11) is 0. The van der Waals surface area contributed by atoms with Crippen LogP contribution in [0.5, 0.6) is 0 Å². The summed E-state index contributed by atoms with van der Waals surface area (Å²) in [5, 5.41) is 4.59. The van der Waals surface area contributed by atoms with Gasteiger partial charge in [-0.25, -0.2) is 0 Å². The number of piperidine rings is 1. The van der Waals surface area contributed by atoms with E-state index in [1.54, 1.807) is 0 Å². The van der Waals surface area contributed by atoms with Gasteiger partial charge < -0.3 is 5.73 Å². The lowest BCUT2D eigenvalue weighted by Gasteiger charge is -2.38. The Morgan fingerprint density at radius 1 is 1.40 bits per heavy atom. The Hall–Kier alpha value is -0.390. The quantitative estimate of drug-likeness (QED) is 0.894. The van der Waals surface area contributed by atoms with Gasteiger partial charge in [0, 0.05) is 25.7 Å². The van der Waals surface area contributed by atoms with Crippen molar-refractivity contribution in [3.05, 3.63) is 15.9 Å². The van der Waals surface area contributed by atoms with Gasteiger partial charge in [-0.05, 0) is 55.1 Å². The zero-order valence-electron chi connectivity index (χ0n) is 12.9. The van der Waals surface area contributed by atoms with Crippen molar-refractivity contribution in [3.8, 4) is 0 Å². The molecule has 2 atom stereocenters. The van der Waals surface area contributed by atoms with E-state index < -0.39 is 0 Å². The fraction of sp³-hybridized carbons (Fsp3) is 0.800. The molecule has 2 rings (SSSR count). The summed E-state index contributed by atoms with van der Waals surface area (Å²) in [5.74, 6) is 0.848. The van der Waals surface area contributed by atoms with Gasteiger partial charge in [-0.2, -0.15) is 5.10 Å². The maximum absolute atomic E-state index is 6.00. The van der Waals surface area contributed by atoms with Crippen molar-refractivity contribution in [2.45, 2.75) is 59.2 Å². The van der Waals surface area contributed by atoms with Gasteiger partial charge in [0.15, 0.2) is 0 Å². The molecule has 20 heavy (non-hydrogen) atoms. The summed E-state index contributed by atoms with van der Waals surface area (Å²) in [5.41, 5.74) is 8.37. The maximum Gasteiger partial charge on any atom is 0.0739 e. The molecule has 5 heteroatoms. The van der Waals surface area contributed by atoms with Gasteiger partial charge in [0.2, 0.25) is 0 Å². The van der Waals surface area contributed by atoms with Crippen LogP contribution in [0.2, 0.25) is 0 Å². The first-order valence-corrected chi connectivity index (χ1v) is 8.55. The smallest absolute Gasteiger partial charge is 0.0739 e.